The van der Waals surface area contributed by atoms with E-state index >= 15 is 0 Å². The minimum Gasteiger partial charge on any atom is -0.294 e. The van der Waals surface area contributed by atoms with Crippen LogP contribution in [0.5, 0.6) is 0 Å². The molecular weight excluding hydrogens is 231 g/mol. The van der Waals surface area contributed by atoms with E-state index in [1.165, 1.54) is 0 Å². The normalized spacial score (nSPS) is 11.5. The lowest BCUT2D eigenvalue weighted by Crippen LogP contribution is -2.13. The Labute approximate surface area is 100 Å². The molecule has 1 aromatic rings. The molecule has 3 heteroatoms. The van der Waals surface area contributed by atoms with Gasteiger partial charge in [0.15, 0.2) is 5.78 Å². The molecule has 82 valence electrons. The summed E-state index contributed by atoms with van der Waals surface area (Å²) in [6, 6.07) is 4.96. The van der Waals surface area contributed by atoms with E-state index in [2.05, 4.69) is 0 Å². The van der Waals surface area contributed by atoms with E-state index in [1.807, 2.05) is 20.8 Å². The summed E-state index contributed by atoms with van der Waals surface area (Å²) in [7, 11) is 0. The number of carbonyl (C=O) groups is 1. The SMILES string of the molecule is CC(C)(C)CC(=O)c1ccc(Cl)cc1Cl. The Kier molecular flexibility index (Phi) is 3.80. The number of carbonyl (C=O) groups excluding carboxylic acids is 1. The van der Waals surface area contributed by atoms with Crippen LogP contribution < -0.4 is 0 Å². The van der Waals surface area contributed by atoms with E-state index < -0.39 is 0 Å². The van der Waals surface area contributed by atoms with E-state index in [4.69, 9.17) is 23.2 Å². The number of benzene rings is 1. The molecule has 1 nitrogen and oxygen atoms in total. The smallest absolute Gasteiger partial charge is 0.164 e. The van der Waals surface area contributed by atoms with Gasteiger partial charge in [0.05, 0.1) is 5.02 Å². The summed E-state index contributed by atoms with van der Waals surface area (Å²) in [4.78, 5) is 11.9. The number of hydrogen-bond donors (Lipinski definition) is 0. The number of ketones is 1. The topological polar surface area (TPSA) is 17.1 Å². The van der Waals surface area contributed by atoms with Gasteiger partial charge in [-0.2, -0.15) is 0 Å². The van der Waals surface area contributed by atoms with Gasteiger partial charge in [0.25, 0.3) is 0 Å². The molecular formula is C12H14Cl2O. The summed E-state index contributed by atoms with van der Waals surface area (Å²) in [5, 5.41) is 0.976. The molecule has 0 unspecified atom stereocenters. The Morgan fingerprint density at radius 2 is 1.87 bits per heavy atom. The predicted molar refractivity (Wildman–Crippen MR) is 64.9 cm³/mol. The van der Waals surface area contributed by atoms with Crippen LogP contribution in [0, 0.1) is 5.41 Å². The van der Waals surface area contributed by atoms with Gasteiger partial charge in [0, 0.05) is 17.0 Å². The Balaban J connectivity index is 2.92. The van der Waals surface area contributed by atoms with Crippen LogP contribution in [0.4, 0.5) is 0 Å². The van der Waals surface area contributed by atoms with Crippen molar-refractivity contribution in [1.82, 2.24) is 0 Å². The van der Waals surface area contributed by atoms with E-state index in [0.717, 1.165) is 0 Å². The van der Waals surface area contributed by atoms with Crippen LogP contribution in [-0.4, -0.2) is 5.78 Å². The van der Waals surface area contributed by atoms with E-state index in [0.29, 0.717) is 22.0 Å². The van der Waals surface area contributed by atoms with Crippen molar-refractivity contribution in [2.45, 2.75) is 27.2 Å². The maximum Gasteiger partial charge on any atom is 0.164 e. The molecule has 0 aliphatic rings. The number of Topliss-reactive ketones (excluding diaryl/α,β-unsaturated/α-hetero) is 1. The fourth-order valence-corrected chi connectivity index (χ4v) is 1.81. The molecule has 0 saturated heterocycles. The molecule has 0 aliphatic heterocycles. The molecule has 15 heavy (non-hydrogen) atoms. The van der Waals surface area contributed by atoms with Gasteiger partial charge in [-0.15, -0.1) is 0 Å². The third-order valence-corrected chi connectivity index (χ3v) is 2.47. The number of halogens is 2. The molecule has 0 atom stereocenters. The molecule has 0 aliphatic carbocycles. The Morgan fingerprint density at radius 3 is 2.33 bits per heavy atom. The van der Waals surface area contributed by atoms with Crippen molar-refractivity contribution in [3.05, 3.63) is 33.8 Å². The lowest BCUT2D eigenvalue weighted by atomic mass is 9.88. The van der Waals surface area contributed by atoms with Gasteiger partial charge in [-0.1, -0.05) is 44.0 Å². The van der Waals surface area contributed by atoms with Crippen molar-refractivity contribution in [2.75, 3.05) is 0 Å². The lowest BCUT2D eigenvalue weighted by Gasteiger charge is -2.17. The van der Waals surface area contributed by atoms with Gasteiger partial charge in [0.1, 0.15) is 0 Å². The van der Waals surface area contributed by atoms with Gasteiger partial charge in [-0.25, -0.2) is 0 Å². The van der Waals surface area contributed by atoms with Crippen LogP contribution >= 0.6 is 23.2 Å². The molecule has 0 aromatic heterocycles. The largest absolute Gasteiger partial charge is 0.294 e. The third-order valence-electron chi connectivity index (χ3n) is 1.92. The Hall–Kier alpha value is -0.530. The molecule has 0 heterocycles. The molecule has 0 spiro atoms. The first-order valence-corrected chi connectivity index (χ1v) is 5.53. The zero-order valence-electron chi connectivity index (χ0n) is 9.10. The fourth-order valence-electron chi connectivity index (χ4n) is 1.29. The van der Waals surface area contributed by atoms with Crippen LogP contribution in [0.3, 0.4) is 0 Å². The Morgan fingerprint density at radius 1 is 1.27 bits per heavy atom. The summed E-state index contributed by atoms with van der Waals surface area (Å²) in [5.74, 6) is 0.0594. The quantitative estimate of drug-likeness (QED) is 0.695. The zero-order chi connectivity index (χ0) is 11.6. The van der Waals surface area contributed by atoms with Gasteiger partial charge in [0.2, 0.25) is 0 Å². The minimum atomic E-state index is -0.0277. The van der Waals surface area contributed by atoms with Crippen LogP contribution in [-0.2, 0) is 0 Å². The first-order valence-electron chi connectivity index (χ1n) is 4.78. The highest BCUT2D eigenvalue weighted by Gasteiger charge is 2.19. The number of rotatable bonds is 2. The molecule has 0 amide bonds. The van der Waals surface area contributed by atoms with Crippen molar-refractivity contribution in [3.63, 3.8) is 0 Å². The molecule has 0 bridgehead atoms. The third kappa shape index (κ3) is 3.84. The average Bonchev–Trinajstić information content (AvgIpc) is 1.99. The molecule has 0 N–H and O–H groups in total. The average molecular weight is 245 g/mol. The first kappa shape index (κ1) is 12.5. The van der Waals surface area contributed by atoms with Crippen molar-refractivity contribution in [2.24, 2.45) is 5.41 Å². The van der Waals surface area contributed by atoms with Crippen LogP contribution in [0.2, 0.25) is 10.0 Å². The van der Waals surface area contributed by atoms with Crippen LogP contribution in [0.15, 0.2) is 18.2 Å². The molecule has 0 radical (unpaired) electrons. The monoisotopic (exact) mass is 244 g/mol. The van der Waals surface area contributed by atoms with Gasteiger partial charge < -0.3 is 0 Å². The maximum absolute atomic E-state index is 11.9. The second kappa shape index (κ2) is 4.54. The van der Waals surface area contributed by atoms with Crippen molar-refractivity contribution in [1.29, 1.82) is 0 Å². The summed E-state index contributed by atoms with van der Waals surface area (Å²) >= 11 is 11.7. The second-order valence-corrected chi connectivity index (χ2v) is 5.63. The molecule has 0 saturated carbocycles. The van der Waals surface area contributed by atoms with Crippen molar-refractivity contribution >= 4 is 29.0 Å². The van der Waals surface area contributed by atoms with Gasteiger partial charge in [-0.05, 0) is 23.6 Å². The number of hydrogen-bond acceptors (Lipinski definition) is 1. The van der Waals surface area contributed by atoms with Gasteiger partial charge in [-0.3, -0.25) is 4.79 Å². The van der Waals surface area contributed by atoms with E-state index in [1.54, 1.807) is 18.2 Å². The highest BCUT2D eigenvalue weighted by Crippen LogP contribution is 2.26. The lowest BCUT2D eigenvalue weighted by molar-refractivity contribution is 0.0940. The fraction of sp³-hybridized carbons (Fsp3) is 0.417. The summed E-state index contributed by atoms with van der Waals surface area (Å²) in [6.45, 7) is 6.07. The Bertz CT molecular complexity index is 378. The highest BCUT2D eigenvalue weighted by atomic mass is 35.5. The van der Waals surface area contributed by atoms with E-state index in [-0.39, 0.29) is 11.2 Å². The van der Waals surface area contributed by atoms with Crippen molar-refractivity contribution < 1.29 is 4.79 Å². The van der Waals surface area contributed by atoms with Gasteiger partial charge >= 0.3 is 0 Å². The minimum absolute atomic E-state index is 0.0277. The van der Waals surface area contributed by atoms with Crippen LogP contribution in [0.1, 0.15) is 37.6 Å². The standard InChI is InChI=1S/C12H14Cl2O/c1-12(2,3)7-11(15)9-5-4-8(13)6-10(9)14/h4-6H,7H2,1-3H3. The zero-order valence-corrected chi connectivity index (χ0v) is 10.6. The second-order valence-electron chi connectivity index (χ2n) is 4.78. The summed E-state index contributed by atoms with van der Waals surface area (Å²) < 4.78 is 0. The predicted octanol–water partition coefficient (Wildman–Crippen LogP) is 4.61. The van der Waals surface area contributed by atoms with E-state index in [9.17, 15) is 4.79 Å². The van der Waals surface area contributed by atoms with Crippen molar-refractivity contribution in [3.8, 4) is 0 Å². The first-order chi connectivity index (χ1) is 6.79. The molecule has 0 fully saturated rings. The molecule has 1 rings (SSSR count). The van der Waals surface area contributed by atoms with Crippen LogP contribution in [0.25, 0.3) is 0 Å². The summed E-state index contributed by atoms with van der Waals surface area (Å²) in [5.41, 5.74) is 0.524. The molecule has 1 aromatic carbocycles. The summed E-state index contributed by atoms with van der Waals surface area (Å²) in [6.07, 6.45) is 0.481. The highest BCUT2D eigenvalue weighted by molar-refractivity contribution is 6.36. The maximum atomic E-state index is 11.9.